The number of likely N-dealkylation sites (N-methyl/N-ethyl adjacent to an activating group) is 1. The molecule has 1 aromatic rings. The summed E-state index contributed by atoms with van der Waals surface area (Å²) in [6, 6.07) is 6.37. The van der Waals surface area contributed by atoms with E-state index in [2.05, 4.69) is 46.0 Å². The van der Waals surface area contributed by atoms with Crippen LogP contribution >= 0.6 is 15.9 Å². The van der Waals surface area contributed by atoms with Crippen LogP contribution in [0.25, 0.3) is 0 Å². The van der Waals surface area contributed by atoms with E-state index in [0.717, 1.165) is 23.9 Å². The summed E-state index contributed by atoms with van der Waals surface area (Å²) in [6.45, 7) is 6.54. The van der Waals surface area contributed by atoms with E-state index >= 15 is 0 Å². The predicted octanol–water partition coefficient (Wildman–Crippen LogP) is 3.27. The molecule has 0 aliphatic carbocycles. The Bertz CT molecular complexity index is 594. The number of nitriles is 1. The molecular weight excluding hydrogens is 342 g/mol. The van der Waals surface area contributed by atoms with Crippen molar-refractivity contribution < 1.29 is 4.79 Å². The highest BCUT2D eigenvalue weighted by Gasteiger charge is 2.23. The third kappa shape index (κ3) is 3.80. The lowest BCUT2D eigenvalue weighted by Gasteiger charge is -2.34. The number of nitrogens with zero attached hydrogens (tertiary/aromatic N) is 3. The molecule has 1 aliphatic rings. The molecule has 0 spiro atoms. The van der Waals surface area contributed by atoms with Crippen LogP contribution in [0.15, 0.2) is 16.6 Å². The molecule has 2 rings (SSSR count). The van der Waals surface area contributed by atoms with Crippen LogP contribution in [0, 0.1) is 18.3 Å². The summed E-state index contributed by atoms with van der Waals surface area (Å²) in [6.07, 6.45) is 2.52. The molecule has 22 heavy (non-hydrogen) atoms. The van der Waals surface area contributed by atoms with Crippen LogP contribution in [0.1, 0.15) is 30.9 Å². The van der Waals surface area contributed by atoms with Crippen LogP contribution in [0.4, 0.5) is 5.69 Å². The van der Waals surface area contributed by atoms with Gasteiger partial charge in [0.25, 0.3) is 0 Å². The van der Waals surface area contributed by atoms with Crippen molar-refractivity contribution >= 4 is 27.5 Å². The van der Waals surface area contributed by atoms with E-state index in [4.69, 9.17) is 5.26 Å². The fraction of sp³-hybridized carbons (Fsp3) is 0.529. The molecule has 4 nitrogen and oxygen atoms in total. The van der Waals surface area contributed by atoms with Crippen molar-refractivity contribution in [3.63, 3.8) is 0 Å². The van der Waals surface area contributed by atoms with E-state index in [9.17, 15) is 4.79 Å². The smallest absolute Gasteiger partial charge is 0.242 e. The van der Waals surface area contributed by atoms with Gasteiger partial charge < -0.3 is 9.80 Å². The molecule has 0 saturated carbocycles. The first-order valence-electron chi connectivity index (χ1n) is 7.75. The summed E-state index contributed by atoms with van der Waals surface area (Å²) in [5.41, 5.74) is 3.72. The zero-order valence-electron chi connectivity index (χ0n) is 13.2. The second-order valence-corrected chi connectivity index (χ2v) is 6.55. The zero-order chi connectivity index (χ0) is 16.1. The van der Waals surface area contributed by atoms with Crippen molar-refractivity contribution in [2.24, 2.45) is 0 Å². The Morgan fingerprint density at radius 3 is 2.95 bits per heavy atom. The van der Waals surface area contributed by atoms with E-state index in [1.807, 2.05) is 6.92 Å². The van der Waals surface area contributed by atoms with Gasteiger partial charge in [0, 0.05) is 29.8 Å². The van der Waals surface area contributed by atoms with Crippen molar-refractivity contribution in [1.82, 2.24) is 4.90 Å². The van der Waals surface area contributed by atoms with Crippen molar-refractivity contribution in [3.05, 3.63) is 27.7 Å². The number of aryl methyl sites for hydroxylation is 2. The third-order valence-electron chi connectivity index (χ3n) is 4.09. The first-order chi connectivity index (χ1) is 10.6. The Balaban J connectivity index is 2.15. The summed E-state index contributed by atoms with van der Waals surface area (Å²) >= 11 is 3.55. The van der Waals surface area contributed by atoms with E-state index in [1.54, 1.807) is 4.90 Å². The van der Waals surface area contributed by atoms with E-state index in [1.165, 1.54) is 16.8 Å². The SMILES string of the molecule is CCN(CCC#N)C(=O)CN1CCCc2cc(Br)cc(C)c21. The Hall–Kier alpha value is -1.54. The van der Waals surface area contributed by atoms with Crippen LogP contribution in [-0.4, -0.2) is 37.0 Å². The number of hydrogen-bond acceptors (Lipinski definition) is 3. The Labute approximate surface area is 140 Å². The molecule has 1 aromatic carbocycles. The van der Waals surface area contributed by atoms with Gasteiger partial charge in [-0.3, -0.25) is 4.79 Å². The first-order valence-corrected chi connectivity index (χ1v) is 8.54. The average molecular weight is 364 g/mol. The summed E-state index contributed by atoms with van der Waals surface area (Å²) in [4.78, 5) is 16.5. The summed E-state index contributed by atoms with van der Waals surface area (Å²) in [5.74, 6) is 0.105. The predicted molar refractivity (Wildman–Crippen MR) is 91.9 cm³/mol. The van der Waals surface area contributed by atoms with Crippen molar-refractivity contribution in [3.8, 4) is 6.07 Å². The fourth-order valence-corrected chi connectivity index (χ4v) is 3.71. The minimum absolute atomic E-state index is 0.105. The van der Waals surface area contributed by atoms with Gasteiger partial charge in [-0.15, -0.1) is 0 Å². The Morgan fingerprint density at radius 1 is 1.50 bits per heavy atom. The quantitative estimate of drug-likeness (QED) is 0.806. The van der Waals surface area contributed by atoms with Gasteiger partial charge in [-0.2, -0.15) is 5.26 Å². The minimum atomic E-state index is 0.105. The third-order valence-corrected chi connectivity index (χ3v) is 4.55. The normalized spacial score (nSPS) is 13.5. The van der Waals surface area contributed by atoms with Crippen LogP contribution < -0.4 is 4.90 Å². The number of halogens is 1. The summed E-state index contributed by atoms with van der Waals surface area (Å²) in [5, 5.41) is 8.70. The molecule has 0 unspecified atom stereocenters. The number of hydrogen-bond donors (Lipinski definition) is 0. The molecule has 0 fully saturated rings. The Morgan fingerprint density at radius 2 is 2.27 bits per heavy atom. The molecule has 118 valence electrons. The summed E-state index contributed by atoms with van der Waals surface area (Å²) in [7, 11) is 0. The first kappa shape index (κ1) is 16.8. The highest BCUT2D eigenvalue weighted by atomic mass is 79.9. The maximum Gasteiger partial charge on any atom is 0.242 e. The largest absolute Gasteiger partial charge is 0.362 e. The fourth-order valence-electron chi connectivity index (χ4n) is 3.09. The number of carbonyl (C=O) groups is 1. The van der Waals surface area contributed by atoms with E-state index in [0.29, 0.717) is 26.1 Å². The van der Waals surface area contributed by atoms with Gasteiger partial charge >= 0.3 is 0 Å². The van der Waals surface area contributed by atoms with Gasteiger partial charge in [-0.1, -0.05) is 15.9 Å². The highest BCUT2D eigenvalue weighted by molar-refractivity contribution is 9.10. The maximum absolute atomic E-state index is 12.5. The molecule has 0 atom stereocenters. The lowest BCUT2D eigenvalue weighted by molar-refractivity contribution is -0.129. The number of amides is 1. The Kier molecular flexibility index (Phi) is 5.84. The molecule has 0 radical (unpaired) electrons. The number of benzene rings is 1. The molecule has 1 heterocycles. The lowest BCUT2D eigenvalue weighted by atomic mass is 9.98. The molecule has 0 aromatic heterocycles. The van der Waals surface area contributed by atoms with Gasteiger partial charge in [-0.05, 0) is 49.9 Å². The number of rotatable bonds is 5. The van der Waals surface area contributed by atoms with E-state index < -0.39 is 0 Å². The zero-order valence-corrected chi connectivity index (χ0v) is 14.8. The summed E-state index contributed by atoms with van der Waals surface area (Å²) < 4.78 is 1.10. The van der Waals surface area contributed by atoms with E-state index in [-0.39, 0.29) is 5.91 Å². The van der Waals surface area contributed by atoms with Crippen LogP contribution in [0.5, 0.6) is 0 Å². The van der Waals surface area contributed by atoms with Crippen LogP contribution in [0.3, 0.4) is 0 Å². The average Bonchev–Trinajstić information content (AvgIpc) is 2.47. The number of carbonyl (C=O) groups excluding carboxylic acids is 1. The standard InChI is InChI=1S/C17H22BrN3O/c1-3-20(9-5-7-19)16(22)12-21-8-4-6-14-11-15(18)10-13(2)17(14)21/h10-11H,3-6,8-9,12H2,1-2H3. The second kappa shape index (κ2) is 7.64. The minimum Gasteiger partial charge on any atom is -0.362 e. The maximum atomic E-state index is 12.5. The molecule has 1 amide bonds. The molecule has 1 aliphatic heterocycles. The molecular formula is C17H22BrN3O. The van der Waals surface area contributed by atoms with Gasteiger partial charge in [0.15, 0.2) is 0 Å². The molecule has 0 bridgehead atoms. The van der Waals surface area contributed by atoms with Crippen LogP contribution in [0.2, 0.25) is 0 Å². The van der Waals surface area contributed by atoms with Crippen molar-refractivity contribution in [1.29, 1.82) is 5.26 Å². The highest BCUT2D eigenvalue weighted by Crippen LogP contribution is 2.33. The van der Waals surface area contributed by atoms with Crippen LogP contribution in [-0.2, 0) is 11.2 Å². The van der Waals surface area contributed by atoms with Gasteiger partial charge in [-0.25, -0.2) is 0 Å². The molecule has 0 saturated heterocycles. The second-order valence-electron chi connectivity index (χ2n) is 5.64. The topological polar surface area (TPSA) is 47.3 Å². The molecule has 5 heteroatoms. The number of fused-ring (bicyclic) bond motifs is 1. The van der Waals surface area contributed by atoms with Gasteiger partial charge in [0.2, 0.25) is 5.91 Å². The lowest BCUT2D eigenvalue weighted by Crippen LogP contribution is -2.42. The van der Waals surface area contributed by atoms with Gasteiger partial charge in [0.1, 0.15) is 0 Å². The van der Waals surface area contributed by atoms with Crippen molar-refractivity contribution in [2.75, 3.05) is 31.1 Å². The monoisotopic (exact) mass is 363 g/mol. The molecule has 0 N–H and O–H groups in total. The van der Waals surface area contributed by atoms with Crippen molar-refractivity contribution in [2.45, 2.75) is 33.1 Å². The van der Waals surface area contributed by atoms with Gasteiger partial charge in [0.05, 0.1) is 19.0 Å². The number of anilines is 1.